The lowest BCUT2D eigenvalue weighted by Gasteiger charge is -2.41. The van der Waals surface area contributed by atoms with Gasteiger partial charge in [-0.15, -0.1) is 0 Å². The fourth-order valence-electron chi connectivity index (χ4n) is 3.74. The summed E-state index contributed by atoms with van der Waals surface area (Å²) in [5, 5.41) is 3.37. The second-order valence-electron chi connectivity index (χ2n) is 6.91. The van der Waals surface area contributed by atoms with Gasteiger partial charge >= 0.3 is 0 Å². The molecule has 2 atom stereocenters. The van der Waals surface area contributed by atoms with Crippen LogP contribution in [-0.4, -0.2) is 23.4 Å². The van der Waals surface area contributed by atoms with Gasteiger partial charge in [0.25, 0.3) is 0 Å². The van der Waals surface area contributed by atoms with Gasteiger partial charge in [0.15, 0.2) is 0 Å². The highest BCUT2D eigenvalue weighted by molar-refractivity contribution is 5.81. The van der Waals surface area contributed by atoms with Crippen LogP contribution in [0.25, 0.3) is 0 Å². The highest BCUT2D eigenvalue weighted by atomic mass is 16.2. The molecule has 3 nitrogen and oxygen atoms in total. The van der Waals surface area contributed by atoms with Crippen LogP contribution in [0, 0.1) is 5.41 Å². The molecule has 3 rings (SSSR count). The van der Waals surface area contributed by atoms with Crippen LogP contribution in [0.15, 0.2) is 30.3 Å². The average molecular weight is 272 g/mol. The van der Waals surface area contributed by atoms with Crippen LogP contribution in [-0.2, 0) is 4.79 Å². The fraction of sp³-hybridized carbons (Fsp3) is 0.588. The van der Waals surface area contributed by atoms with E-state index in [-0.39, 0.29) is 12.1 Å². The summed E-state index contributed by atoms with van der Waals surface area (Å²) in [4.78, 5) is 14.4. The first kappa shape index (κ1) is 13.6. The molecule has 1 N–H and O–H groups in total. The Labute approximate surface area is 121 Å². The van der Waals surface area contributed by atoms with Gasteiger partial charge < -0.3 is 4.90 Å². The van der Waals surface area contributed by atoms with Gasteiger partial charge in [-0.05, 0) is 30.2 Å². The zero-order chi connectivity index (χ0) is 14.2. The van der Waals surface area contributed by atoms with E-state index in [1.807, 2.05) is 18.2 Å². The Morgan fingerprint density at radius 1 is 1.25 bits per heavy atom. The van der Waals surface area contributed by atoms with Gasteiger partial charge in [-0.25, -0.2) is 0 Å². The summed E-state index contributed by atoms with van der Waals surface area (Å²) in [6.45, 7) is 5.12. The third-order valence-corrected chi connectivity index (χ3v) is 4.70. The van der Waals surface area contributed by atoms with Crippen LogP contribution in [0.5, 0.6) is 0 Å². The molecule has 1 aliphatic heterocycles. The number of nitrogens with zero attached hydrogens (tertiary/aromatic N) is 1. The van der Waals surface area contributed by atoms with E-state index >= 15 is 0 Å². The van der Waals surface area contributed by atoms with E-state index in [4.69, 9.17) is 0 Å². The summed E-state index contributed by atoms with van der Waals surface area (Å²) in [6.07, 6.45) is 4.81. The Morgan fingerprint density at radius 3 is 2.70 bits per heavy atom. The molecule has 2 fully saturated rings. The van der Waals surface area contributed by atoms with Crippen molar-refractivity contribution in [2.45, 2.75) is 51.7 Å². The molecule has 0 bridgehead atoms. The van der Waals surface area contributed by atoms with Crippen LogP contribution in [0.3, 0.4) is 0 Å². The maximum atomic E-state index is 12.3. The summed E-state index contributed by atoms with van der Waals surface area (Å²) in [7, 11) is 0. The van der Waals surface area contributed by atoms with Crippen LogP contribution in [0.2, 0.25) is 0 Å². The number of carbonyl (C=O) groups is 1. The van der Waals surface area contributed by atoms with Crippen LogP contribution < -0.4 is 5.32 Å². The molecule has 1 aromatic rings. The molecule has 1 aliphatic carbocycles. The molecule has 1 saturated carbocycles. The van der Waals surface area contributed by atoms with Crippen molar-refractivity contribution in [1.82, 2.24) is 10.2 Å². The normalized spacial score (nSPS) is 29.7. The molecule has 108 valence electrons. The molecule has 1 amide bonds. The molecule has 2 aliphatic rings. The lowest BCUT2D eigenvalue weighted by Crippen LogP contribution is -2.44. The van der Waals surface area contributed by atoms with Gasteiger partial charge in [0.1, 0.15) is 6.17 Å². The van der Waals surface area contributed by atoms with Gasteiger partial charge in [0, 0.05) is 6.04 Å². The van der Waals surface area contributed by atoms with E-state index < -0.39 is 0 Å². The molecule has 0 aromatic heterocycles. The molecule has 20 heavy (non-hydrogen) atoms. The molecule has 0 radical (unpaired) electrons. The van der Waals surface area contributed by atoms with Gasteiger partial charge in [-0.2, -0.15) is 0 Å². The Bertz CT molecular complexity index is 483. The number of amides is 1. The smallest absolute Gasteiger partial charge is 0.238 e. The van der Waals surface area contributed by atoms with Crippen LogP contribution in [0.4, 0.5) is 0 Å². The van der Waals surface area contributed by atoms with Gasteiger partial charge in [-0.3, -0.25) is 10.1 Å². The van der Waals surface area contributed by atoms with Crippen molar-refractivity contribution in [3.05, 3.63) is 35.9 Å². The van der Waals surface area contributed by atoms with Crippen molar-refractivity contribution < 1.29 is 4.79 Å². The average Bonchev–Trinajstić information content (AvgIpc) is 2.80. The lowest BCUT2D eigenvalue weighted by atomic mass is 9.74. The van der Waals surface area contributed by atoms with Crippen molar-refractivity contribution in [2.24, 2.45) is 5.41 Å². The highest BCUT2D eigenvalue weighted by Crippen LogP contribution is 2.40. The van der Waals surface area contributed by atoms with E-state index in [0.29, 0.717) is 18.0 Å². The maximum absolute atomic E-state index is 12.3. The van der Waals surface area contributed by atoms with Gasteiger partial charge in [0.2, 0.25) is 5.91 Å². The Morgan fingerprint density at radius 2 is 2.00 bits per heavy atom. The molecule has 2 unspecified atom stereocenters. The van der Waals surface area contributed by atoms with E-state index in [0.717, 1.165) is 12.8 Å². The zero-order valence-corrected chi connectivity index (χ0v) is 12.4. The number of benzene rings is 1. The third kappa shape index (κ3) is 2.59. The first-order valence-electron chi connectivity index (χ1n) is 7.66. The highest BCUT2D eigenvalue weighted by Gasteiger charge is 2.40. The largest absolute Gasteiger partial charge is 0.319 e. The number of hydrogen-bond acceptors (Lipinski definition) is 2. The molecule has 0 spiro atoms. The van der Waals surface area contributed by atoms with Gasteiger partial charge in [0.05, 0.1) is 6.54 Å². The summed E-state index contributed by atoms with van der Waals surface area (Å²) >= 11 is 0. The van der Waals surface area contributed by atoms with E-state index in [9.17, 15) is 4.79 Å². The second kappa shape index (κ2) is 5.21. The predicted octanol–water partition coefficient (Wildman–Crippen LogP) is 3.09. The minimum absolute atomic E-state index is 0.0580. The Hall–Kier alpha value is -1.35. The summed E-state index contributed by atoms with van der Waals surface area (Å²) in [6, 6.07) is 10.7. The molecule has 3 heteroatoms. The number of carbonyl (C=O) groups excluding carboxylic acids is 1. The predicted molar refractivity (Wildman–Crippen MR) is 80.1 cm³/mol. The first-order valence-corrected chi connectivity index (χ1v) is 7.66. The second-order valence-corrected chi connectivity index (χ2v) is 6.91. The van der Waals surface area contributed by atoms with Crippen molar-refractivity contribution in [3.63, 3.8) is 0 Å². The first-order chi connectivity index (χ1) is 9.57. The quantitative estimate of drug-likeness (QED) is 0.897. The van der Waals surface area contributed by atoms with Crippen molar-refractivity contribution >= 4 is 5.91 Å². The molecule has 1 aromatic carbocycles. The van der Waals surface area contributed by atoms with Crippen molar-refractivity contribution in [3.8, 4) is 0 Å². The SMILES string of the molecule is CC1(C)CCCC(N2C(=O)CNC2c2ccccc2)C1. The number of hydrogen-bond donors (Lipinski definition) is 1. The zero-order valence-electron chi connectivity index (χ0n) is 12.4. The monoisotopic (exact) mass is 272 g/mol. The van der Waals surface area contributed by atoms with Crippen LogP contribution in [0.1, 0.15) is 51.3 Å². The summed E-state index contributed by atoms with van der Waals surface area (Å²) in [5.41, 5.74) is 1.55. The van der Waals surface area contributed by atoms with E-state index in [1.54, 1.807) is 0 Å². The van der Waals surface area contributed by atoms with Crippen molar-refractivity contribution in [2.75, 3.05) is 6.54 Å². The fourth-order valence-corrected chi connectivity index (χ4v) is 3.74. The Balaban J connectivity index is 1.84. The lowest BCUT2D eigenvalue weighted by molar-refractivity contribution is -0.131. The molecular formula is C17H24N2O. The Kier molecular flexibility index (Phi) is 3.55. The van der Waals surface area contributed by atoms with Crippen LogP contribution >= 0.6 is 0 Å². The van der Waals surface area contributed by atoms with Gasteiger partial charge in [-0.1, -0.05) is 50.6 Å². The number of nitrogens with one attached hydrogen (secondary N) is 1. The molecule has 1 heterocycles. The summed E-state index contributed by atoms with van der Waals surface area (Å²) in [5.74, 6) is 0.251. The van der Waals surface area contributed by atoms with E-state index in [1.165, 1.54) is 18.4 Å². The molecular weight excluding hydrogens is 248 g/mol. The maximum Gasteiger partial charge on any atom is 0.238 e. The standard InChI is InChI=1S/C17H24N2O/c1-17(2)10-6-9-14(11-17)19-15(20)12-18-16(19)13-7-4-3-5-8-13/h3-5,7-8,14,16,18H,6,9-12H2,1-2H3. The molecule has 1 saturated heterocycles. The minimum Gasteiger partial charge on any atom is -0.319 e. The minimum atomic E-state index is 0.0580. The number of rotatable bonds is 2. The van der Waals surface area contributed by atoms with Crippen molar-refractivity contribution in [1.29, 1.82) is 0 Å². The van der Waals surface area contributed by atoms with E-state index in [2.05, 4.69) is 36.2 Å². The summed E-state index contributed by atoms with van der Waals surface area (Å²) < 4.78 is 0. The third-order valence-electron chi connectivity index (χ3n) is 4.70. The topological polar surface area (TPSA) is 32.3 Å².